The number of carbonyl (C=O) groups excluding carboxylic acids is 1. The van der Waals surface area contributed by atoms with E-state index in [2.05, 4.69) is 19.9 Å². The summed E-state index contributed by atoms with van der Waals surface area (Å²) < 4.78 is 25.0. The number of alkyl halides is 2. The Balaban J connectivity index is 1.79. The van der Waals surface area contributed by atoms with E-state index in [1.807, 2.05) is 18.4 Å². The van der Waals surface area contributed by atoms with E-state index >= 15 is 0 Å². The molecule has 0 aromatic carbocycles. The number of amidine groups is 1. The number of thioether (sulfide) groups is 1. The quantitative estimate of drug-likeness (QED) is 0.808. The molecule has 0 saturated heterocycles. The average molecular weight is 375 g/mol. The zero-order valence-electron chi connectivity index (χ0n) is 13.8. The summed E-state index contributed by atoms with van der Waals surface area (Å²) in [5.41, 5.74) is 6.03. The van der Waals surface area contributed by atoms with Gasteiger partial charge in [-0.25, -0.2) is 18.8 Å². The summed E-state index contributed by atoms with van der Waals surface area (Å²) in [4.78, 5) is 28.4. The van der Waals surface area contributed by atoms with Crippen molar-refractivity contribution < 1.29 is 13.6 Å². The second kappa shape index (κ2) is 7.28. The highest BCUT2D eigenvalue weighted by molar-refractivity contribution is 8.16. The minimum absolute atomic E-state index is 0.0372. The number of hydrogen-bond donors (Lipinski definition) is 1. The van der Waals surface area contributed by atoms with Gasteiger partial charge in [0, 0.05) is 12.6 Å². The predicted molar refractivity (Wildman–Crippen MR) is 95.0 cm³/mol. The second-order valence-corrected chi connectivity index (χ2v) is 6.72. The number of hydrogen-bond acceptors (Lipinski definition) is 7. The Kier molecular flexibility index (Phi) is 5.08. The van der Waals surface area contributed by atoms with Gasteiger partial charge in [-0.2, -0.15) is 0 Å². The first-order chi connectivity index (χ1) is 12.4. The molecule has 0 spiro atoms. The molecule has 0 unspecified atom stereocenters. The zero-order valence-corrected chi connectivity index (χ0v) is 14.6. The van der Waals surface area contributed by atoms with E-state index in [4.69, 9.17) is 5.73 Å². The fourth-order valence-electron chi connectivity index (χ4n) is 2.40. The molecular formula is C17H15F2N5OS. The van der Waals surface area contributed by atoms with Crippen LogP contribution in [0.5, 0.6) is 0 Å². The smallest absolute Gasteiger partial charge is 0.281 e. The van der Waals surface area contributed by atoms with Crippen LogP contribution in [0.3, 0.4) is 0 Å². The summed E-state index contributed by atoms with van der Waals surface area (Å²) in [6, 6.07) is 3.48. The van der Waals surface area contributed by atoms with Crippen molar-refractivity contribution in [1.82, 2.24) is 15.0 Å². The molecule has 0 aliphatic carbocycles. The third-order valence-corrected chi connectivity index (χ3v) is 4.42. The molecule has 0 saturated carbocycles. The van der Waals surface area contributed by atoms with Gasteiger partial charge in [-0.3, -0.25) is 14.8 Å². The predicted octanol–water partition coefficient (Wildman–Crippen LogP) is 3.03. The Morgan fingerprint density at radius 1 is 1.31 bits per heavy atom. The van der Waals surface area contributed by atoms with Crippen molar-refractivity contribution in [3.8, 4) is 0 Å². The van der Waals surface area contributed by atoms with Crippen LogP contribution < -0.4 is 5.73 Å². The molecule has 0 amide bonds. The van der Waals surface area contributed by atoms with Gasteiger partial charge in [-0.05, 0) is 36.1 Å². The van der Waals surface area contributed by atoms with Gasteiger partial charge >= 0.3 is 0 Å². The van der Waals surface area contributed by atoms with Crippen LogP contribution >= 0.6 is 11.8 Å². The van der Waals surface area contributed by atoms with E-state index < -0.39 is 17.7 Å². The molecule has 0 fully saturated rings. The summed E-state index contributed by atoms with van der Waals surface area (Å²) >= 11 is 1.33. The number of aliphatic imine (C=N–C) groups is 1. The van der Waals surface area contributed by atoms with Gasteiger partial charge < -0.3 is 5.73 Å². The van der Waals surface area contributed by atoms with E-state index in [0.29, 0.717) is 16.4 Å². The van der Waals surface area contributed by atoms with Crippen LogP contribution in [0.25, 0.3) is 0 Å². The molecule has 1 aliphatic rings. The van der Waals surface area contributed by atoms with Crippen molar-refractivity contribution in [2.75, 3.05) is 0 Å². The maximum absolute atomic E-state index is 12.5. The number of aromatic nitrogens is 3. The SMILES string of the molecule is C[C@@]1(c2cc(CC(=O)c3cnc(C(F)F)cn3)ccn2)C=CSC(N)=N1. The summed E-state index contributed by atoms with van der Waals surface area (Å²) in [6.07, 6.45) is 2.79. The summed E-state index contributed by atoms with van der Waals surface area (Å²) in [6.45, 7) is 1.87. The molecular weight excluding hydrogens is 360 g/mol. The third kappa shape index (κ3) is 3.93. The van der Waals surface area contributed by atoms with E-state index in [-0.39, 0.29) is 17.9 Å². The lowest BCUT2D eigenvalue weighted by atomic mass is 9.95. The number of pyridine rings is 1. The topological polar surface area (TPSA) is 94.1 Å². The number of nitrogens with zero attached hydrogens (tertiary/aromatic N) is 4. The average Bonchev–Trinajstić information content (AvgIpc) is 2.62. The van der Waals surface area contributed by atoms with Gasteiger partial charge in [-0.1, -0.05) is 11.8 Å². The van der Waals surface area contributed by atoms with Crippen molar-refractivity contribution in [2.45, 2.75) is 25.3 Å². The Morgan fingerprint density at radius 3 is 2.77 bits per heavy atom. The maximum atomic E-state index is 12.5. The van der Waals surface area contributed by atoms with Gasteiger partial charge in [0.05, 0.1) is 18.1 Å². The van der Waals surface area contributed by atoms with Crippen molar-refractivity contribution in [2.24, 2.45) is 10.7 Å². The first kappa shape index (κ1) is 18.1. The van der Waals surface area contributed by atoms with Gasteiger partial charge in [0.25, 0.3) is 6.43 Å². The van der Waals surface area contributed by atoms with E-state index in [1.54, 1.807) is 18.3 Å². The number of halogens is 2. The molecule has 1 aliphatic heterocycles. The fourth-order valence-corrected chi connectivity index (χ4v) is 3.12. The number of ketones is 1. The van der Waals surface area contributed by atoms with Gasteiger partial charge in [-0.15, -0.1) is 0 Å². The molecule has 0 bridgehead atoms. The molecule has 1 atom stereocenters. The first-order valence-electron chi connectivity index (χ1n) is 7.66. The summed E-state index contributed by atoms with van der Waals surface area (Å²) in [5, 5.41) is 2.29. The lowest BCUT2D eigenvalue weighted by Crippen LogP contribution is -2.24. The largest absolute Gasteiger partial charge is 0.378 e. The maximum Gasteiger partial charge on any atom is 0.281 e. The molecule has 2 aromatic rings. The van der Waals surface area contributed by atoms with Crippen LogP contribution in [0.4, 0.5) is 8.78 Å². The number of nitrogens with two attached hydrogens (primary N) is 1. The first-order valence-corrected chi connectivity index (χ1v) is 8.54. The van der Waals surface area contributed by atoms with E-state index in [0.717, 1.165) is 12.4 Å². The van der Waals surface area contributed by atoms with Crippen molar-refractivity contribution in [1.29, 1.82) is 0 Å². The van der Waals surface area contributed by atoms with Crippen LogP contribution in [0.2, 0.25) is 0 Å². The van der Waals surface area contributed by atoms with E-state index in [9.17, 15) is 13.6 Å². The molecule has 134 valence electrons. The van der Waals surface area contributed by atoms with Crippen LogP contribution in [0.15, 0.2) is 47.2 Å². The van der Waals surface area contributed by atoms with Crippen LogP contribution in [0.1, 0.15) is 40.8 Å². The molecule has 26 heavy (non-hydrogen) atoms. The molecule has 2 aromatic heterocycles. The molecule has 6 nitrogen and oxygen atoms in total. The summed E-state index contributed by atoms with van der Waals surface area (Å²) in [7, 11) is 0. The van der Waals surface area contributed by atoms with Crippen LogP contribution in [0, 0.1) is 0 Å². The third-order valence-electron chi connectivity index (χ3n) is 3.81. The Hall–Kier alpha value is -2.68. The van der Waals surface area contributed by atoms with Crippen molar-refractivity contribution in [3.63, 3.8) is 0 Å². The second-order valence-electron chi connectivity index (χ2n) is 5.79. The van der Waals surface area contributed by atoms with Crippen molar-refractivity contribution >= 4 is 22.7 Å². The lowest BCUT2D eigenvalue weighted by molar-refractivity contribution is 0.0986. The fraction of sp³-hybridized carbons (Fsp3) is 0.235. The molecule has 3 heterocycles. The Labute approximate surface area is 152 Å². The highest BCUT2D eigenvalue weighted by Crippen LogP contribution is 2.31. The van der Waals surface area contributed by atoms with Gasteiger partial charge in [0.1, 0.15) is 16.9 Å². The van der Waals surface area contributed by atoms with Gasteiger partial charge in [0.15, 0.2) is 11.0 Å². The molecule has 2 N–H and O–H groups in total. The summed E-state index contributed by atoms with van der Waals surface area (Å²) in [5.74, 6) is -0.321. The number of carbonyl (C=O) groups is 1. The molecule has 0 radical (unpaired) electrons. The van der Waals surface area contributed by atoms with Crippen LogP contribution in [-0.2, 0) is 12.0 Å². The highest BCUT2D eigenvalue weighted by Gasteiger charge is 2.27. The monoisotopic (exact) mass is 375 g/mol. The van der Waals surface area contributed by atoms with Crippen molar-refractivity contribution in [3.05, 3.63) is 64.9 Å². The Bertz CT molecular complexity index is 885. The highest BCUT2D eigenvalue weighted by atomic mass is 32.2. The minimum atomic E-state index is -2.72. The lowest BCUT2D eigenvalue weighted by Gasteiger charge is -2.24. The van der Waals surface area contributed by atoms with E-state index in [1.165, 1.54) is 11.8 Å². The molecule has 9 heteroatoms. The minimum Gasteiger partial charge on any atom is -0.378 e. The number of Topliss-reactive ketones (excluding diaryl/α,β-unsaturated/α-hetero) is 1. The standard InChI is InChI=1S/C17H15F2N5OS/c1-17(3-5-26-16(20)24-17)14-7-10(2-4-21-14)6-13(25)11-8-23-12(9-22-11)15(18)19/h2-5,7-9,15H,6H2,1H3,(H2,20,24)/t17-/m0/s1. The zero-order chi connectivity index (χ0) is 18.7. The van der Waals surface area contributed by atoms with Crippen LogP contribution in [-0.4, -0.2) is 25.9 Å². The van der Waals surface area contributed by atoms with Gasteiger partial charge in [0.2, 0.25) is 0 Å². The molecule has 3 rings (SSSR count). The number of rotatable bonds is 5. The normalized spacial score (nSPS) is 19.5. The Morgan fingerprint density at radius 2 is 2.12 bits per heavy atom.